The fraction of sp³-hybridized carbons (Fsp3) is 0.286. The van der Waals surface area contributed by atoms with Crippen molar-refractivity contribution in [1.82, 2.24) is 24.6 Å². The summed E-state index contributed by atoms with van der Waals surface area (Å²) in [6.45, 7) is 4.24. The minimum absolute atomic E-state index is 0.352. The quantitative estimate of drug-likeness (QED) is 0.750. The Morgan fingerprint density at radius 2 is 2.24 bits per heavy atom. The second-order valence-electron chi connectivity index (χ2n) is 4.83. The van der Waals surface area contributed by atoms with E-state index in [1.165, 1.54) is 6.33 Å². The van der Waals surface area contributed by atoms with Crippen LogP contribution >= 0.6 is 0 Å². The van der Waals surface area contributed by atoms with Gasteiger partial charge in [0.05, 0.1) is 6.10 Å². The fourth-order valence-corrected chi connectivity index (χ4v) is 2.13. The van der Waals surface area contributed by atoms with E-state index in [9.17, 15) is 5.11 Å². The third-order valence-electron chi connectivity index (χ3n) is 3.44. The normalized spacial score (nSPS) is 12.5. The van der Waals surface area contributed by atoms with E-state index in [2.05, 4.69) is 25.4 Å². The molecule has 108 valence electrons. The summed E-state index contributed by atoms with van der Waals surface area (Å²) in [5, 5.41) is 17.6. The number of pyridine rings is 1. The van der Waals surface area contributed by atoms with Crippen LogP contribution in [0.15, 0.2) is 30.9 Å². The lowest BCUT2D eigenvalue weighted by Gasteiger charge is -2.15. The molecule has 0 fully saturated rings. The molecule has 0 saturated heterocycles. The summed E-state index contributed by atoms with van der Waals surface area (Å²) >= 11 is 0. The van der Waals surface area contributed by atoms with Crippen molar-refractivity contribution in [2.45, 2.75) is 20.0 Å². The van der Waals surface area contributed by atoms with Crippen molar-refractivity contribution in [3.63, 3.8) is 0 Å². The number of hydrogen-bond acceptors (Lipinski definition) is 6. The Labute approximate surface area is 121 Å². The Balaban J connectivity index is 1.85. The molecule has 1 atom stereocenters. The Kier molecular flexibility index (Phi) is 3.49. The molecule has 7 heteroatoms. The van der Waals surface area contributed by atoms with Crippen LogP contribution in [-0.2, 0) is 0 Å². The van der Waals surface area contributed by atoms with Gasteiger partial charge in [-0.05, 0) is 19.9 Å². The lowest BCUT2D eigenvalue weighted by atomic mass is 10.1. The van der Waals surface area contributed by atoms with E-state index in [0.717, 1.165) is 22.6 Å². The number of rotatable bonds is 4. The summed E-state index contributed by atoms with van der Waals surface area (Å²) < 4.78 is 1.64. The van der Waals surface area contributed by atoms with Crippen molar-refractivity contribution in [3.8, 4) is 0 Å². The van der Waals surface area contributed by atoms with Crippen molar-refractivity contribution in [2.75, 3.05) is 11.9 Å². The molecule has 7 nitrogen and oxygen atoms in total. The molecule has 0 aliphatic heterocycles. The van der Waals surface area contributed by atoms with Gasteiger partial charge >= 0.3 is 0 Å². The van der Waals surface area contributed by atoms with Gasteiger partial charge in [-0.2, -0.15) is 14.6 Å². The summed E-state index contributed by atoms with van der Waals surface area (Å²) in [5.41, 5.74) is 2.63. The number of aliphatic hydroxyl groups excluding tert-OH is 1. The molecule has 0 aromatic carbocycles. The van der Waals surface area contributed by atoms with Gasteiger partial charge in [0.2, 0.25) is 0 Å². The SMILES string of the molecule is Cc1nc2ncnn2c(NCC(O)c2cccnc2)c1C. The molecule has 3 rings (SSSR count). The van der Waals surface area contributed by atoms with Crippen LogP contribution < -0.4 is 5.32 Å². The van der Waals surface area contributed by atoms with Gasteiger partial charge in [-0.3, -0.25) is 4.98 Å². The zero-order valence-electron chi connectivity index (χ0n) is 11.9. The molecule has 0 radical (unpaired) electrons. The molecule has 0 spiro atoms. The highest BCUT2D eigenvalue weighted by Gasteiger charge is 2.13. The second kappa shape index (κ2) is 5.45. The lowest BCUT2D eigenvalue weighted by Crippen LogP contribution is -2.16. The Bertz CT molecular complexity index is 755. The molecule has 0 saturated carbocycles. The van der Waals surface area contributed by atoms with Crippen LogP contribution in [0.2, 0.25) is 0 Å². The van der Waals surface area contributed by atoms with Crippen LogP contribution in [0.3, 0.4) is 0 Å². The van der Waals surface area contributed by atoms with Gasteiger partial charge in [0.1, 0.15) is 12.1 Å². The largest absolute Gasteiger partial charge is 0.387 e. The first-order chi connectivity index (χ1) is 10.2. The minimum atomic E-state index is -0.648. The van der Waals surface area contributed by atoms with Crippen molar-refractivity contribution in [3.05, 3.63) is 47.7 Å². The molecule has 3 aromatic heterocycles. The minimum Gasteiger partial charge on any atom is -0.387 e. The third-order valence-corrected chi connectivity index (χ3v) is 3.44. The van der Waals surface area contributed by atoms with Crippen LogP contribution in [0.4, 0.5) is 5.82 Å². The highest BCUT2D eigenvalue weighted by molar-refractivity contribution is 5.51. The van der Waals surface area contributed by atoms with Gasteiger partial charge in [-0.15, -0.1) is 0 Å². The number of aryl methyl sites for hydroxylation is 1. The zero-order chi connectivity index (χ0) is 14.8. The fourth-order valence-electron chi connectivity index (χ4n) is 2.13. The Morgan fingerprint density at radius 1 is 1.38 bits per heavy atom. The van der Waals surface area contributed by atoms with Gasteiger partial charge in [0.15, 0.2) is 0 Å². The molecule has 0 aliphatic carbocycles. The van der Waals surface area contributed by atoms with E-state index >= 15 is 0 Å². The molecular formula is C14H16N6O. The summed E-state index contributed by atoms with van der Waals surface area (Å²) in [4.78, 5) is 12.5. The first kappa shape index (κ1) is 13.4. The molecule has 3 aromatic rings. The standard InChI is InChI=1S/C14H16N6O/c1-9-10(2)19-14-17-8-18-20(14)13(9)16-7-12(21)11-4-3-5-15-6-11/h3-6,8,12,16,21H,7H2,1-2H3. The summed E-state index contributed by atoms with van der Waals surface area (Å²) in [6.07, 6.45) is 4.15. The smallest absolute Gasteiger partial charge is 0.254 e. The topological polar surface area (TPSA) is 88.2 Å². The average Bonchev–Trinajstić information content (AvgIpc) is 2.96. The average molecular weight is 284 g/mol. The molecule has 21 heavy (non-hydrogen) atoms. The lowest BCUT2D eigenvalue weighted by molar-refractivity contribution is 0.191. The maximum absolute atomic E-state index is 10.2. The van der Waals surface area contributed by atoms with E-state index in [4.69, 9.17) is 0 Å². The van der Waals surface area contributed by atoms with Gasteiger partial charge in [-0.1, -0.05) is 6.07 Å². The van der Waals surface area contributed by atoms with Crippen molar-refractivity contribution < 1.29 is 5.11 Å². The summed E-state index contributed by atoms with van der Waals surface area (Å²) in [6, 6.07) is 3.64. The van der Waals surface area contributed by atoms with Crippen LogP contribution in [0.25, 0.3) is 5.78 Å². The monoisotopic (exact) mass is 284 g/mol. The predicted octanol–water partition coefficient (Wildman–Crippen LogP) is 1.28. The Morgan fingerprint density at radius 3 is 3.00 bits per heavy atom. The molecule has 0 bridgehead atoms. The van der Waals surface area contributed by atoms with Crippen LogP contribution in [0.1, 0.15) is 22.9 Å². The van der Waals surface area contributed by atoms with Gasteiger partial charge < -0.3 is 10.4 Å². The number of aliphatic hydroxyl groups is 1. The van der Waals surface area contributed by atoms with E-state index < -0.39 is 6.10 Å². The van der Waals surface area contributed by atoms with Crippen molar-refractivity contribution in [2.24, 2.45) is 0 Å². The summed E-state index contributed by atoms with van der Waals surface area (Å²) in [5.74, 6) is 1.33. The number of aromatic nitrogens is 5. The summed E-state index contributed by atoms with van der Waals surface area (Å²) in [7, 11) is 0. The third kappa shape index (κ3) is 2.55. The molecule has 1 unspecified atom stereocenters. The first-order valence-electron chi connectivity index (χ1n) is 6.65. The molecule has 0 amide bonds. The zero-order valence-corrected chi connectivity index (χ0v) is 11.9. The van der Waals surface area contributed by atoms with E-state index in [1.807, 2.05) is 19.9 Å². The molecule has 2 N–H and O–H groups in total. The van der Waals surface area contributed by atoms with Crippen LogP contribution in [0, 0.1) is 13.8 Å². The number of nitrogens with zero attached hydrogens (tertiary/aromatic N) is 5. The number of anilines is 1. The maximum atomic E-state index is 10.2. The number of nitrogens with one attached hydrogen (secondary N) is 1. The highest BCUT2D eigenvalue weighted by atomic mass is 16.3. The van der Waals surface area contributed by atoms with Gasteiger partial charge in [0, 0.05) is 35.8 Å². The predicted molar refractivity (Wildman–Crippen MR) is 77.9 cm³/mol. The van der Waals surface area contributed by atoms with Crippen molar-refractivity contribution >= 4 is 11.6 Å². The van der Waals surface area contributed by atoms with Crippen molar-refractivity contribution in [1.29, 1.82) is 0 Å². The van der Waals surface area contributed by atoms with E-state index in [-0.39, 0.29) is 0 Å². The molecule has 0 aliphatic rings. The molecule has 3 heterocycles. The molecular weight excluding hydrogens is 268 g/mol. The van der Waals surface area contributed by atoms with E-state index in [1.54, 1.807) is 23.0 Å². The van der Waals surface area contributed by atoms with Crippen LogP contribution in [-0.4, -0.2) is 36.2 Å². The Hall–Kier alpha value is -2.54. The number of hydrogen-bond donors (Lipinski definition) is 2. The van der Waals surface area contributed by atoms with E-state index in [0.29, 0.717) is 12.3 Å². The van der Waals surface area contributed by atoms with Crippen LogP contribution in [0.5, 0.6) is 0 Å². The second-order valence-corrected chi connectivity index (χ2v) is 4.83. The van der Waals surface area contributed by atoms with Gasteiger partial charge in [0.25, 0.3) is 5.78 Å². The maximum Gasteiger partial charge on any atom is 0.254 e. The number of fused-ring (bicyclic) bond motifs is 1. The highest BCUT2D eigenvalue weighted by Crippen LogP contribution is 2.19. The first-order valence-corrected chi connectivity index (χ1v) is 6.65. The van der Waals surface area contributed by atoms with Gasteiger partial charge in [-0.25, -0.2) is 4.98 Å².